The molecule has 170 valence electrons. The van der Waals surface area contributed by atoms with E-state index < -0.39 is 0 Å². The van der Waals surface area contributed by atoms with E-state index in [0.29, 0.717) is 35.4 Å². The van der Waals surface area contributed by atoms with Crippen molar-refractivity contribution in [2.24, 2.45) is 0 Å². The van der Waals surface area contributed by atoms with Crippen molar-refractivity contribution in [2.75, 3.05) is 27.3 Å². The normalized spacial score (nSPS) is 14.6. The van der Waals surface area contributed by atoms with Gasteiger partial charge < -0.3 is 19.4 Å². The number of nitrogens with zero attached hydrogens (tertiary/aromatic N) is 3. The Labute approximate surface area is 196 Å². The van der Waals surface area contributed by atoms with Crippen molar-refractivity contribution in [1.82, 2.24) is 19.9 Å². The van der Waals surface area contributed by atoms with Gasteiger partial charge >= 0.3 is 0 Å². The number of carbonyl (C=O) groups excluding carboxylic acids is 1. The van der Waals surface area contributed by atoms with E-state index in [1.54, 1.807) is 14.2 Å². The summed E-state index contributed by atoms with van der Waals surface area (Å²) >= 11 is 1.43. The van der Waals surface area contributed by atoms with Crippen LogP contribution in [0.3, 0.4) is 0 Å². The molecule has 1 aliphatic heterocycles. The minimum absolute atomic E-state index is 0.0554. The van der Waals surface area contributed by atoms with Gasteiger partial charge in [0.05, 0.1) is 30.9 Å². The van der Waals surface area contributed by atoms with E-state index in [1.165, 1.54) is 11.3 Å². The molecule has 0 unspecified atom stereocenters. The van der Waals surface area contributed by atoms with Crippen molar-refractivity contribution in [1.29, 1.82) is 0 Å². The highest BCUT2D eigenvalue weighted by molar-refractivity contribution is 7.17. The maximum atomic E-state index is 13.3. The number of aromatic nitrogens is 3. The van der Waals surface area contributed by atoms with E-state index in [4.69, 9.17) is 14.5 Å². The van der Waals surface area contributed by atoms with Crippen LogP contribution in [0.25, 0.3) is 21.6 Å². The van der Waals surface area contributed by atoms with Gasteiger partial charge in [0.2, 0.25) is 0 Å². The lowest BCUT2D eigenvalue weighted by molar-refractivity contribution is 0.0715. The summed E-state index contributed by atoms with van der Waals surface area (Å²) < 4.78 is 10.7. The van der Waals surface area contributed by atoms with Gasteiger partial charge in [0.1, 0.15) is 15.7 Å². The molecule has 1 aliphatic rings. The van der Waals surface area contributed by atoms with Crippen molar-refractivity contribution in [3.63, 3.8) is 0 Å². The van der Waals surface area contributed by atoms with Crippen LogP contribution in [0.15, 0.2) is 42.5 Å². The molecular weight excluding hydrogens is 436 g/mol. The fourth-order valence-corrected chi connectivity index (χ4v) is 5.38. The van der Waals surface area contributed by atoms with Gasteiger partial charge in [0.15, 0.2) is 11.5 Å². The maximum absolute atomic E-state index is 13.3. The summed E-state index contributed by atoms with van der Waals surface area (Å²) in [6, 6.07) is 13.8. The maximum Gasteiger partial charge on any atom is 0.265 e. The number of ether oxygens (including phenoxy) is 2. The number of rotatable bonds is 5. The second-order valence-corrected chi connectivity index (χ2v) is 9.21. The molecule has 1 N–H and O–H groups in total. The van der Waals surface area contributed by atoms with Crippen molar-refractivity contribution < 1.29 is 14.3 Å². The minimum Gasteiger partial charge on any atom is -0.493 e. The standard InChI is InChI=1S/C25H26N4O3S/c1-15-22(33-24(26-15)17-8-9-20(31-2)21(14-17)32-3)25(30)29-12-10-16(11-13-29)23-27-18-6-4-5-7-19(18)28-23/h4-9,14,16H,10-13H2,1-3H3,(H,27,28). The average molecular weight is 463 g/mol. The Bertz CT molecular complexity index is 1270. The van der Waals surface area contributed by atoms with Gasteiger partial charge in [0.25, 0.3) is 5.91 Å². The first kappa shape index (κ1) is 21.5. The summed E-state index contributed by atoms with van der Waals surface area (Å²) in [5.41, 5.74) is 3.72. The van der Waals surface area contributed by atoms with E-state index in [-0.39, 0.29) is 5.91 Å². The molecule has 33 heavy (non-hydrogen) atoms. The molecule has 1 saturated heterocycles. The third-order valence-corrected chi connectivity index (χ3v) is 7.39. The number of imidazole rings is 1. The molecule has 5 rings (SSSR count). The van der Waals surface area contributed by atoms with Crippen LogP contribution in [0.1, 0.15) is 39.9 Å². The molecule has 7 nitrogen and oxygen atoms in total. The highest BCUT2D eigenvalue weighted by Gasteiger charge is 2.28. The number of nitrogens with one attached hydrogen (secondary N) is 1. The lowest BCUT2D eigenvalue weighted by atomic mass is 9.96. The second kappa shape index (κ2) is 8.86. The number of hydrogen-bond acceptors (Lipinski definition) is 6. The first-order valence-corrected chi connectivity index (χ1v) is 11.8. The molecule has 4 aromatic rings. The van der Waals surface area contributed by atoms with Crippen LogP contribution in [0.5, 0.6) is 11.5 Å². The van der Waals surface area contributed by atoms with Crippen LogP contribution in [0, 0.1) is 6.92 Å². The number of fused-ring (bicyclic) bond motifs is 1. The monoisotopic (exact) mass is 462 g/mol. The number of para-hydroxylation sites is 2. The third kappa shape index (κ3) is 4.06. The summed E-state index contributed by atoms with van der Waals surface area (Å²) in [6.07, 6.45) is 1.79. The van der Waals surface area contributed by atoms with E-state index in [1.807, 2.05) is 54.3 Å². The molecule has 8 heteroatoms. The molecule has 0 saturated carbocycles. The number of methoxy groups -OCH3 is 2. The average Bonchev–Trinajstić information content (AvgIpc) is 3.47. The van der Waals surface area contributed by atoms with E-state index in [9.17, 15) is 4.79 Å². The highest BCUT2D eigenvalue weighted by atomic mass is 32.1. The number of carbonyl (C=O) groups is 1. The Morgan fingerprint density at radius 2 is 1.82 bits per heavy atom. The molecule has 3 heterocycles. The largest absolute Gasteiger partial charge is 0.493 e. The Morgan fingerprint density at radius 3 is 2.55 bits per heavy atom. The minimum atomic E-state index is 0.0554. The van der Waals surface area contributed by atoms with Crippen LogP contribution < -0.4 is 9.47 Å². The molecular formula is C25H26N4O3S. The van der Waals surface area contributed by atoms with Gasteiger partial charge in [-0.25, -0.2) is 9.97 Å². The fraction of sp³-hybridized carbons (Fsp3) is 0.320. The molecule has 0 bridgehead atoms. The van der Waals surface area contributed by atoms with Gasteiger partial charge in [-0.3, -0.25) is 4.79 Å². The number of H-pyrrole nitrogens is 1. The first-order valence-electron chi connectivity index (χ1n) is 11.0. The first-order chi connectivity index (χ1) is 16.1. The molecule has 0 spiro atoms. The fourth-order valence-electron chi connectivity index (χ4n) is 4.35. The third-order valence-electron chi connectivity index (χ3n) is 6.20. The van der Waals surface area contributed by atoms with Crippen LogP contribution in [0.2, 0.25) is 0 Å². The summed E-state index contributed by atoms with van der Waals surface area (Å²) in [6.45, 7) is 3.32. The number of aryl methyl sites for hydroxylation is 1. The smallest absolute Gasteiger partial charge is 0.265 e. The molecule has 2 aromatic heterocycles. The summed E-state index contributed by atoms with van der Waals surface area (Å²) in [4.78, 5) is 28.8. The Hall–Kier alpha value is -3.39. The van der Waals surface area contributed by atoms with Gasteiger partial charge in [-0.05, 0) is 50.1 Å². The number of amides is 1. The number of likely N-dealkylation sites (tertiary alicyclic amines) is 1. The SMILES string of the molecule is COc1ccc(-c2nc(C)c(C(=O)N3CCC(c4nc5ccccc5[nH]4)CC3)s2)cc1OC. The summed E-state index contributed by atoms with van der Waals surface area (Å²) in [5.74, 6) is 2.72. The molecule has 0 radical (unpaired) electrons. The number of hydrogen-bond donors (Lipinski definition) is 1. The zero-order valence-electron chi connectivity index (χ0n) is 18.9. The highest BCUT2D eigenvalue weighted by Crippen LogP contribution is 2.36. The number of aromatic amines is 1. The van der Waals surface area contributed by atoms with Gasteiger partial charge in [-0.1, -0.05) is 12.1 Å². The van der Waals surface area contributed by atoms with E-state index in [2.05, 4.69) is 9.97 Å². The van der Waals surface area contributed by atoms with Crippen LogP contribution >= 0.6 is 11.3 Å². The predicted molar refractivity (Wildman–Crippen MR) is 129 cm³/mol. The molecule has 0 atom stereocenters. The van der Waals surface area contributed by atoms with Gasteiger partial charge in [0, 0.05) is 24.6 Å². The molecule has 1 fully saturated rings. The quantitative estimate of drug-likeness (QED) is 0.450. The predicted octanol–water partition coefficient (Wildman–Crippen LogP) is 5.03. The van der Waals surface area contributed by atoms with Crippen molar-refractivity contribution >= 4 is 28.3 Å². The van der Waals surface area contributed by atoms with Crippen LogP contribution in [0.4, 0.5) is 0 Å². The van der Waals surface area contributed by atoms with E-state index >= 15 is 0 Å². The summed E-state index contributed by atoms with van der Waals surface area (Å²) in [7, 11) is 3.22. The van der Waals surface area contributed by atoms with Gasteiger partial charge in [-0.15, -0.1) is 11.3 Å². The summed E-state index contributed by atoms with van der Waals surface area (Å²) in [5, 5.41) is 0.800. The van der Waals surface area contributed by atoms with Crippen LogP contribution in [-0.4, -0.2) is 53.1 Å². The van der Waals surface area contributed by atoms with Crippen molar-refractivity contribution in [3.05, 3.63) is 58.9 Å². The zero-order valence-corrected chi connectivity index (χ0v) is 19.7. The Morgan fingerprint density at radius 1 is 1.06 bits per heavy atom. The topological polar surface area (TPSA) is 80.3 Å². The molecule has 0 aliphatic carbocycles. The lowest BCUT2D eigenvalue weighted by Gasteiger charge is -2.30. The Balaban J connectivity index is 1.30. The second-order valence-electron chi connectivity index (χ2n) is 8.21. The van der Waals surface area contributed by atoms with Crippen molar-refractivity contribution in [3.8, 4) is 22.1 Å². The number of benzene rings is 2. The lowest BCUT2D eigenvalue weighted by Crippen LogP contribution is -2.38. The van der Waals surface area contributed by atoms with Gasteiger partial charge in [-0.2, -0.15) is 0 Å². The zero-order chi connectivity index (χ0) is 22.9. The number of piperidine rings is 1. The Kier molecular flexibility index (Phi) is 5.76. The number of thiazole rings is 1. The van der Waals surface area contributed by atoms with Crippen molar-refractivity contribution in [2.45, 2.75) is 25.7 Å². The molecule has 2 aromatic carbocycles. The van der Waals surface area contributed by atoms with Crippen LogP contribution in [-0.2, 0) is 0 Å². The van der Waals surface area contributed by atoms with E-state index in [0.717, 1.165) is 46.0 Å². The molecule has 1 amide bonds.